The van der Waals surface area contributed by atoms with Crippen molar-refractivity contribution in [2.75, 3.05) is 6.61 Å². The third-order valence-corrected chi connectivity index (χ3v) is 7.00. The molecule has 1 amide bonds. The number of hydrogen-bond donors (Lipinski definition) is 1. The summed E-state index contributed by atoms with van der Waals surface area (Å²) in [6, 6.07) is 30.8. The number of amides is 1. The molecule has 2 N–H and O–H groups in total. The SMILES string of the molecule is CC1(C)O[C@@H]2[C@@H](COC(c3ccccc3)(c3ccccc3)c3ccccc3)C[C@@H](C(N)=O)[C@@H]2O1. The molecule has 1 aliphatic heterocycles. The average Bonchev–Trinajstić information content (AvgIpc) is 3.34. The molecule has 4 atom stereocenters. The molecular formula is C29H31NO4. The molecule has 5 heteroatoms. The van der Waals surface area contributed by atoms with E-state index in [9.17, 15) is 4.79 Å². The van der Waals surface area contributed by atoms with Crippen LogP contribution < -0.4 is 5.73 Å². The van der Waals surface area contributed by atoms with Crippen molar-refractivity contribution in [2.45, 2.75) is 43.9 Å². The number of benzene rings is 3. The van der Waals surface area contributed by atoms with Gasteiger partial charge in [-0.25, -0.2) is 0 Å². The van der Waals surface area contributed by atoms with E-state index in [1.807, 2.05) is 68.4 Å². The molecule has 5 rings (SSSR count). The number of primary amides is 1. The largest absolute Gasteiger partial charge is 0.369 e. The van der Waals surface area contributed by atoms with Crippen LogP contribution >= 0.6 is 0 Å². The van der Waals surface area contributed by atoms with Gasteiger partial charge < -0.3 is 19.9 Å². The number of carbonyl (C=O) groups is 1. The van der Waals surface area contributed by atoms with Crippen LogP contribution in [0.15, 0.2) is 91.0 Å². The van der Waals surface area contributed by atoms with Crippen LogP contribution in [0.3, 0.4) is 0 Å². The zero-order chi connectivity index (χ0) is 23.8. The summed E-state index contributed by atoms with van der Waals surface area (Å²) in [5, 5.41) is 0. The Labute approximate surface area is 200 Å². The van der Waals surface area contributed by atoms with E-state index in [0.29, 0.717) is 13.0 Å². The highest BCUT2D eigenvalue weighted by atomic mass is 16.8. The van der Waals surface area contributed by atoms with E-state index in [1.165, 1.54) is 0 Å². The van der Waals surface area contributed by atoms with Gasteiger partial charge >= 0.3 is 0 Å². The second kappa shape index (κ2) is 8.99. The van der Waals surface area contributed by atoms with Gasteiger partial charge in [0.25, 0.3) is 0 Å². The predicted molar refractivity (Wildman–Crippen MR) is 130 cm³/mol. The normalized spacial score (nSPS) is 25.7. The molecule has 0 bridgehead atoms. The molecule has 0 spiro atoms. The molecule has 3 aromatic carbocycles. The summed E-state index contributed by atoms with van der Waals surface area (Å²) in [5.41, 5.74) is 8.04. The van der Waals surface area contributed by atoms with Gasteiger partial charge in [0.1, 0.15) is 5.60 Å². The van der Waals surface area contributed by atoms with Crippen molar-refractivity contribution in [1.82, 2.24) is 0 Å². The van der Waals surface area contributed by atoms with E-state index in [-0.39, 0.29) is 30.0 Å². The lowest BCUT2D eigenvalue weighted by Gasteiger charge is -2.37. The Bertz CT molecular complexity index is 1020. The number of carbonyl (C=O) groups excluding carboxylic acids is 1. The minimum atomic E-state index is -0.820. The first-order chi connectivity index (χ1) is 16.4. The van der Waals surface area contributed by atoms with Crippen molar-refractivity contribution in [3.63, 3.8) is 0 Å². The predicted octanol–water partition coefficient (Wildman–Crippen LogP) is 4.64. The standard InChI is InChI=1S/C29H31NO4/c1-28(2)33-25-20(18-24(27(30)31)26(25)34-28)19-32-29(21-12-6-3-7-13-21,22-14-8-4-9-15-22)23-16-10-5-11-17-23/h3-17,20,24-26H,18-19H2,1-2H3,(H2,30,31)/t20-,24-,25-,26+/m1/s1. The third-order valence-electron chi connectivity index (χ3n) is 7.00. The summed E-state index contributed by atoms with van der Waals surface area (Å²) in [5.74, 6) is -1.52. The minimum Gasteiger partial charge on any atom is -0.369 e. The van der Waals surface area contributed by atoms with Crippen LogP contribution in [0.25, 0.3) is 0 Å². The first-order valence-electron chi connectivity index (χ1n) is 11.9. The van der Waals surface area contributed by atoms with Gasteiger partial charge in [0.2, 0.25) is 5.91 Å². The van der Waals surface area contributed by atoms with Crippen LogP contribution in [0.1, 0.15) is 37.0 Å². The molecule has 1 heterocycles. The molecule has 2 fully saturated rings. The first-order valence-corrected chi connectivity index (χ1v) is 11.9. The quantitative estimate of drug-likeness (QED) is 0.525. The van der Waals surface area contributed by atoms with E-state index in [4.69, 9.17) is 19.9 Å². The topological polar surface area (TPSA) is 70.8 Å². The lowest BCUT2D eigenvalue weighted by atomic mass is 9.80. The second-order valence-electron chi connectivity index (χ2n) is 9.66. The Kier molecular flexibility index (Phi) is 6.02. The van der Waals surface area contributed by atoms with Crippen molar-refractivity contribution in [2.24, 2.45) is 17.6 Å². The Hall–Kier alpha value is -2.99. The molecule has 1 saturated heterocycles. The van der Waals surface area contributed by atoms with Gasteiger partial charge in [0.15, 0.2) is 5.79 Å². The Balaban J connectivity index is 1.55. The molecule has 3 aromatic rings. The van der Waals surface area contributed by atoms with E-state index in [0.717, 1.165) is 16.7 Å². The first kappa shape index (κ1) is 22.8. The summed E-state index contributed by atoms with van der Waals surface area (Å²) in [6.45, 7) is 4.15. The van der Waals surface area contributed by atoms with Crippen LogP contribution in [0.5, 0.6) is 0 Å². The molecule has 2 aliphatic rings. The smallest absolute Gasteiger partial charge is 0.223 e. The minimum absolute atomic E-state index is 0.0280. The van der Waals surface area contributed by atoms with Gasteiger partial charge in [-0.1, -0.05) is 91.0 Å². The number of hydrogen-bond acceptors (Lipinski definition) is 4. The molecule has 0 unspecified atom stereocenters. The van der Waals surface area contributed by atoms with Crippen molar-refractivity contribution in [3.05, 3.63) is 108 Å². The summed E-state index contributed by atoms with van der Waals surface area (Å²) in [4.78, 5) is 12.2. The molecule has 1 aliphatic carbocycles. The van der Waals surface area contributed by atoms with Crippen LogP contribution in [-0.4, -0.2) is 30.5 Å². The summed E-state index contributed by atoms with van der Waals surface area (Å²) < 4.78 is 19.3. The van der Waals surface area contributed by atoms with Crippen LogP contribution in [-0.2, 0) is 24.6 Å². The highest BCUT2D eigenvalue weighted by Gasteiger charge is 2.56. The number of rotatable bonds is 7. The monoisotopic (exact) mass is 457 g/mol. The van der Waals surface area contributed by atoms with Crippen molar-refractivity contribution < 1.29 is 19.0 Å². The maximum Gasteiger partial charge on any atom is 0.223 e. The van der Waals surface area contributed by atoms with E-state index in [1.54, 1.807) is 0 Å². The van der Waals surface area contributed by atoms with Crippen molar-refractivity contribution in [3.8, 4) is 0 Å². The lowest BCUT2D eigenvalue weighted by molar-refractivity contribution is -0.167. The van der Waals surface area contributed by atoms with Crippen LogP contribution in [0.4, 0.5) is 0 Å². The average molecular weight is 458 g/mol. The van der Waals surface area contributed by atoms with E-state index in [2.05, 4.69) is 36.4 Å². The molecule has 176 valence electrons. The molecular weight excluding hydrogens is 426 g/mol. The van der Waals surface area contributed by atoms with Gasteiger partial charge in [-0.15, -0.1) is 0 Å². The third kappa shape index (κ3) is 4.05. The van der Waals surface area contributed by atoms with Crippen molar-refractivity contribution >= 4 is 5.91 Å². The zero-order valence-corrected chi connectivity index (χ0v) is 19.6. The summed E-state index contributed by atoms with van der Waals surface area (Å²) in [7, 11) is 0. The lowest BCUT2D eigenvalue weighted by Crippen LogP contribution is -2.37. The highest BCUT2D eigenvalue weighted by molar-refractivity contribution is 5.78. The van der Waals surface area contributed by atoms with Gasteiger partial charge in [0, 0.05) is 5.92 Å². The summed E-state index contributed by atoms with van der Waals surface area (Å²) >= 11 is 0. The molecule has 5 nitrogen and oxygen atoms in total. The fraction of sp³-hybridized carbons (Fsp3) is 0.345. The second-order valence-corrected chi connectivity index (χ2v) is 9.66. The maximum atomic E-state index is 12.2. The van der Waals surface area contributed by atoms with E-state index >= 15 is 0 Å². The molecule has 1 saturated carbocycles. The molecule has 34 heavy (non-hydrogen) atoms. The zero-order valence-electron chi connectivity index (χ0n) is 19.6. The van der Waals surface area contributed by atoms with Crippen molar-refractivity contribution in [1.29, 1.82) is 0 Å². The summed E-state index contributed by atoms with van der Waals surface area (Å²) in [6.07, 6.45) is -0.0111. The Morgan fingerprint density at radius 1 is 0.853 bits per heavy atom. The van der Waals surface area contributed by atoms with Crippen LogP contribution in [0.2, 0.25) is 0 Å². The van der Waals surface area contributed by atoms with E-state index < -0.39 is 11.4 Å². The molecule has 0 aromatic heterocycles. The molecule has 0 radical (unpaired) electrons. The van der Waals surface area contributed by atoms with Gasteiger partial charge in [0.05, 0.1) is 24.7 Å². The fourth-order valence-electron chi connectivity index (χ4n) is 5.53. The van der Waals surface area contributed by atoms with Gasteiger partial charge in [-0.2, -0.15) is 0 Å². The maximum absolute atomic E-state index is 12.2. The number of ether oxygens (including phenoxy) is 3. The Morgan fingerprint density at radius 2 is 1.29 bits per heavy atom. The van der Waals surface area contributed by atoms with Gasteiger partial charge in [-0.3, -0.25) is 4.79 Å². The van der Waals surface area contributed by atoms with Crippen LogP contribution in [0, 0.1) is 11.8 Å². The van der Waals surface area contributed by atoms with Gasteiger partial charge in [-0.05, 0) is 37.0 Å². The fourth-order valence-corrected chi connectivity index (χ4v) is 5.53. The highest BCUT2D eigenvalue weighted by Crippen LogP contribution is 2.47. The Morgan fingerprint density at radius 3 is 1.74 bits per heavy atom. The number of nitrogens with two attached hydrogens (primary N) is 1. The number of fused-ring (bicyclic) bond motifs is 1.